The molecule has 0 radical (unpaired) electrons. The summed E-state index contributed by atoms with van der Waals surface area (Å²) in [4.78, 5) is 27.3. The predicted octanol–water partition coefficient (Wildman–Crippen LogP) is 7.51. The van der Waals surface area contributed by atoms with E-state index in [1.165, 1.54) is 10.5 Å². The second-order valence-corrected chi connectivity index (χ2v) is 9.54. The molecular weight excluding hydrogens is 482 g/mol. The largest absolute Gasteiger partial charge is 0.493 e. The van der Waals surface area contributed by atoms with Crippen LogP contribution in [0.3, 0.4) is 0 Å². The van der Waals surface area contributed by atoms with Gasteiger partial charge < -0.3 is 9.47 Å². The fourth-order valence-corrected chi connectivity index (χ4v) is 4.64. The average Bonchev–Trinajstić information content (AvgIpc) is 3.15. The number of benzene rings is 3. The molecule has 1 fully saturated rings. The van der Waals surface area contributed by atoms with Crippen LogP contribution in [0.15, 0.2) is 71.6 Å². The number of ether oxygens (including phenoxy) is 2. The minimum absolute atomic E-state index is 0.308. The molecule has 1 aliphatic rings. The first-order valence-corrected chi connectivity index (χ1v) is 12.6. The summed E-state index contributed by atoms with van der Waals surface area (Å²) < 4.78 is 11.4. The van der Waals surface area contributed by atoms with Gasteiger partial charge in [-0.25, -0.2) is 4.90 Å². The molecule has 5 nitrogen and oxygen atoms in total. The quantitative estimate of drug-likeness (QED) is 0.280. The van der Waals surface area contributed by atoms with Gasteiger partial charge in [0, 0.05) is 5.02 Å². The van der Waals surface area contributed by atoms with Crippen molar-refractivity contribution in [3.63, 3.8) is 0 Å². The summed E-state index contributed by atoms with van der Waals surface area (Å²) in [5.74, 6) is 0.786. The molecule has 0 saturated carbocycles. The first kappa shape index (κ1) is 24.9. The number of amides is 2. The van der Waals surface area contributed by atoms with Crippen molar-refractivity contribution in [2.24, 2.45) is 0 Å². The molecule has 0 unspecified atom stereocenters. The Morgan fingerprint density at radius 2 is 1.66 bits per heavy atom. The van der Waals surface area contributed by atoms with Crippen LogP contribution in [0.1, 0.15) is 36.5 Å². The van der Waals surface area contributed by atoms with Crippen molar-refractivity contribution in [2.75, 3.05) is 12.0 Å². The van der Waals surface area contributed by atoms with Crippen molar-refractivity contribution in [3.05, 3.63) is 93.3 Å². The number of hydrogen-bond acceptors (Lipinski definition) is 5. The number of unbranched alkanes of at least 4 members (excludes halogenated alkanes) is 1. The van der Waals surface area contributed by atoms with Gasteiger partial charge >= 0.3 is 0 Å². The van der Waals surface area contributed by atoms with E-state index in [2.05, 4.69) is 6.92 Å². The average molecular weight is 508 g/mol. The van der Waals surface area contributed by atoms with Crippen LogP contribution in [-0.2, 0) is 17.8 Å². The smallest absolute Gasteiger partial charge is 0.298 e. The van der Waals surface area contributed by atoms with Gasteiger partial charge in [-0.1, -0.05) is 55.3 Å². The van der Waals surface area contributed by atoms with Gasteiger partial charge in [-0.2, -0.15) is 0 Å². The number of carbonyl (C=O) groups excluding carboxylic acids is 2. The zero-order valence-corrected chi connectivity index (χ0v) is 21.2. The van der Waals surface area contributed by atoms with Crippen molar-refractivity contribution in [3.8, 4) is 11.5 Å². The summed E-state index contributed by atoms with van der Waals surface area (Å²) >= 11 is 6.87. The van der Waals surface area contributed by atoms with E-state index in [0.717, 1.165) is 42.2 Å². The number of methoxy groups -OCH3 is 1. The molecule has 4 rings (SSSR count). The molecule has 3 aromatic carbocycles. The van der Waals surface area contributed by atoms with Crippen LogP contribution in [0.2, 0.25) is 5.02 Å². The number of hydrogen-bond donors (Lipinski definition) is 0. The number of imide groups is 1. The molecule has 35 heavy (non-hydrogen) atoms. The minimum atomic E-state index is -0.330. The lowest BCUT2D eigenvalue weighted by molar-refractivity contribution is -0.113. The van der Waals surface area contributed by atoms with Crippen LogP contribution in [0.4, 0.5) is 10.5 Å². The third kappa shape index (κ3) is 6.08. The van der Waals surface area contributed by atoms with Crippen molar-refractivity contribution in [1.29, 1.82) is 0 Å². The normalized spacial score (nSPS) is 14.6. The molecule has 0 spiro atoms. The predicted molar refractivity (Wildman–Crippen MR) is 142 cm³/mol. The monoisotopic (exact) mass is 507 g/mol. The third-order valence-corrected chi connectivity index (χ3v) is 6.72. The molecule has 0 bridgehead atoms. The zero-order chi connectivity index (χ0) is 24.8. The van der Waals surface area contributed by atoms with E-state index in [-0.39, 0.29) is 11.1 Å². The van der Waals surface area contributed by atoms with Crippen LogP contribution in [0, 0.1) is 0 Å². The summed E-state index contributed by atoms with van der Waals surface area (Å²) in [7, 11) is 1.56. The Morgan fingerprint density at radius 3 is 2.34 bits per heavy atom. The number of aryl methyl sites for hydroxylation is 1. The number of anilines is 1. The molecule has 0 N–H and O–H groups in total. The van der Waals surface area contributed by atoms with Gasteiger partial charge in [-0.05, 0) is 83.8 Å². The molecule has 0 atom stereocenters. The number of nitrogens with zero attached hydrogens (tertiary/aromatic N) is 1. The van der Waals surface area contributed by atoms with Crippen molar-refractivity contribution in [1.82, 2.24) is 0 Å². The Labute approximate surface area is 214 Å². The molecule has 1 saturated heterocycles. The van der Waals surface area contributed by atoms with Crippen LogP contribution >= 0.6 is 23.4 Å². The topological polar surface area (TPSA) is 55.8 Å². The van der Waals surface area contributed by atoms with E-state index in [4.69, 9.17) is 21.1 Å². The summed E-state index contributed by atoms with van der Waals surface area (Å²) in [5.41, 5.74) is 3.50. The fourth-order valence-electron chi connectivity index (χ4n) is 3.67. The SMILES string of the molecule is CCCCc1ccc(N2C(=O)S/C(=C\c3ccc(OCc4ccc(Cl)cc4)c(OC)c3)C2=O)cc1. The van der Waals surface area contributed by atoms with Gasteiger partial charge in [-0.3, -0.25) is 9.59 Å². The van der Waals surface area contributed by atoms with E-state index < -0.39 is 0 Å². The van der Waals surface area contributed by atoms with E-state index in [0.29, 0.717) is 33.7 Å². The molecule has 1 heterocycles. The van der Waals surface area contributed by atoms with Crippen molar-refractivity contribution >= 4 is 46.3 Å². The lowest BCUT2D eigenvalue weighted by atomic mass is 10.1. The summed E-state index contributed by atoms with van der Waals surface area (Å²) in [6, 6.07) is 20.5. The standard InChI is InChI=1S/C28H26ClNO4S/c1-3-4-5-19-8-13-23(14-9-19)30-27(31)26(35-28(30)32)17-21-10-15-24(25(16-21)33-2)34-18-20-6-11-22(29)12-7-20/h6-17H,3-5,18H2,1-2H3/b26-17-. The molecule has 7 heteroatoms. The fraction of sp³-hybridized carbons (Fsp3) is 0.214. The molecular formula is C28H26ClNO4S. The van der Waals surface area contributed by atoms with E-state index in [9.17, 15) is 9.59 Å². The Hall–Kier alpha value is -3.22. The van der Waals surface area contributed by atoms with E-state index in [1.807, 2.05) is 54.6 Å². The Kier molecular flexibility index (Phi) is 8.16. The highest BCUT2D eigenvalue weighted by molar-refractivity contribution is 8.19. The zero-order valence-electron chi connectivity index (χ0n) is 19.6. The highest BCUT2D eigenvalue weighted by atomic mass is 35.5. The first-order valence-electron chi connectivity index (χ1n) is 11.4. The maximum Gasteiger partial charge on any atom is 0.298 e. The van der Waals surface area contributed by atoms with Crippen LogP contribution in [0.25, 0.3) is 6.08 Å². The number of carbonyl (C=O) groups is 2. The molecule has 0 aromatic heterocycles. The second-order valence-electron chi connectivity index (χ2n) is 8.11. The Bertz CT molecular complexity index is 1240. The van der Waals surface area contributed by atoms with Gasteiger partial charge in [-0.15, -0.1) is 0 Å². The minimum Gasteiger partial charge on any atom is -0.493 e. The summed E-state index contributed by atoms with van der Waals surface area (Å²) in [6.45, 7) is 2.52. The summed E-state index contributed by atoms with van der Waals surface area (Å²) in [5, 5.41) is 0.363. The maximum atomic E-state index is 13.0. The van der Waals surface area contributed by atoms with E-state index >= 15 is 0 Å². The first-order chi connectivity index (χ1) is 17.0. The van der Waals surface area contributed by atoms with Gasteiger partial charge in [0.15, 0.2) is 11.5 Å². The highest BCUT2D eigenvalue weighted by Crippen LogP contribution is 2.37. The van der Waals surface area contributed by atoms with Crippen molar-refractivity contribution < 1.29 is 19.1 Å². The van der Waals surface area contributed by atoms with Gasteiger partial charge in [0.1, 0.15) is 6.61 Å². The van der Waals surface area contributed by atoms with Crippen molar-refractivity contribution in [2.45, 2.75) is 32.8 Å². The van der Waals surface area contributed by atoms with E-state index in [1.54, 1.807) is 25.3 Å². The van der Waals surface area contributed by atoms with Crippen LogP contribution in [-0.4, -0.2) is 18.3 Å². The lowest BCUT2D eigenvalue weighted by Crippen LogP contribution is -2.27. The number of halogens is 1. The van der Waals surface area contributed by atoms with Gasteiger partial charge in [0.25, 0.3) is 11.1 Å². The second kappa shape index (κ2) is 11.5. The molecule has 1 aliphatic heterocycles. The Morgan fingerprint density at radius 1 is 0.943 bits per heavy atom. The molecule has 3 aromatic rings. The lowest BCUT2D eigenvalue weighted by Gasteiger charge is -2.13. The number of rotatable bonds is 9. The molecule has 0 aliphatic carbocycles. The number of thioether (sulfide) groups is 1. The van der Waals surface area contributed by atoms with Crippen LogP contribution < -0.4 is 14.4 Å². The highest BCUT2D eigenvalue weighted by Gasteiger charge is 2.36. The maximum absolute atomic E-state index is 13.0. The van der Waals surface area contributed by atoms with Gasteiger partial charge in [0.05, 0.1) is 17.7 Å². The molecule has 180 valence electrons. The molecule has 2 amide bonds. The Balaban J connectivity index is 1.48. The summed E-state index contributed by atoms with van der Waals surface area (Å²) in [6.07, 6.45) is 4.92. The third-order valence-electron chi connectivity index (χ3n) is 5.60. The van der Waals surface area contributed by atoms with Crippen LogP contribution in [0.5, 0.6) is 11.5 Å². The van der Waals surface area contributed by atoms with Gasteiger partial charge in [0.2, 0.25) is 0 Å².